The normalized spacial score (nSPS) is 9.91. The number of carbonyl (C=O) groups is 3. The van der Waals surface area contributed by atoms with Gasteiger partial charge in [0, 0.05) is 16.1 Å². The fourth-order valence-electron chi connectivity index (χ4n) is 1.68. The maximum atomic E-state index is 11.9. The minimum atomic E-state index is -0.911. The van der Waals surface area contributed by atoms with E-state index in [4.69, 9.17) is 11.6 Å². The van der Waals surface area contributed by atoms with Crippen LogP contribution in [0.25, 0.3) is 0 Å². The molecule has 0 aromatic heterocycles. The van der Waals surface area contributed by atoms with E-state index >= 15 is 0 Å². The third kappa shape index (κ3) is 3.93. The Morgan fingerprint density at radius 1 is 0.818 bits per heavy atom. The molecule has 0 spiro atoms. The number of benzene rings is 2. The number of amides is 2. The van der Waals surface area contributed by atoms with Gasteiger partial charge in [-0.2, -0.15) is 0 Å². The van der Waals surface area contributed by atoms with Gasteiger partial charge in [0.1, 0.15) is 0 Å². The molecule has 0 bridgehead atoms. The summed E-state index contributed by atoms with van der Waals surface area (Å²) in [5, 5.41) is 0.495. The highest BCUT2D eigenvalue weighted by molar-refractivity contribution is 6.42. The van der Waals surface area contributed by atoms with Crippen LogP contribution in [0.3, 0.4) is 0 Å². The zero-order valence-corrected chi connectivity index (χ0v) is 12.5. The lowest BCUT2D eigenvalue weighted by Crippen LogP contribution is -2.44. The third-order valence-electron chi connectivity index (χ3n) is 2.92. The van der Waals surface area contributed by atoms with Gasteiger partial charge in [-0.1, -0.05) is 41.4 Å². The number of ketones is 1. The quantitative estimate of drug-likeness (QED) is 0.518. The topological polar surface area (TPSA) is 75.3 Å². The van der Waals surface area contributed by atoms with Gasteiger partial charge in [-0.25, -0.2) is 0 Å². The van der Waals surface area contributed by atoms with Crippen molar-refractivity contribution in [3.05, 3.63) is 70.2 Å². The van der Waals surface area contributed by atoms with Gasteiger partial charge in [-0.3, -0.25) is 25.2 Å². The zero-order valence-electron chi connectivity index (χ0n) is 11.7. The molecule has 0 aliphatic carbocycles. The number of hydrogen-bond donors (Lipinski definition) is 2. The molecule has 0 aliphatic heterocycles. The lowest BCUT2D eigenvalue weighted by Gasteiger charge is -2.07. The van der Waals surface area contributed by atoms with Crippen LogP contribution >= 0.6 is 11.6 Å². The van der Waals surface area contributed by atoms with Gasteiger partial charge in [-0.05, 0) is 31.2 Å². The van der Waals surface area contributed by atoms with Crippen LogP contribution in [-0.2, 0) is 4.79 Å². The van der Waals surface area contributed by atoms with Gasteiger partial charge in [0.2, 0.25) is 0 Å². The first-order valence-electron chi connectivity index (χ1n) is 6.44. The molecule has 0 fully saturated rings. The van der Waals surface area contributed by atoms with Crippen LogP contribution in [0.1, 0.15) is 26.3 Å². The minimum Gasteiger partial charge on any atom is -0.283 e. The highest BCUT2D eigenvalue weighted by atomic mass is 35.5. The van der Waals surface area contributed by atoms with Gasteiger partial charge in [0.15, 0.2) is 0 Å². The number of hydrazine groups is 1. The van der Waals surface area contributed by atoms with Crippen molar-refractivity contribution in [3.8, 4) is 0 Å². The van der Waals surface area contributed by atoms with Gasteiger partial charge >= 0.3 is 5.91 Å². The predicted octanol–water partition coefficient (Wildman–Crippen LogP) is 2.29. The molecule has 0 radical (unpaired) electrons. The predicted molar refractivity (Wildman–Crippen MR) is 82.6 cm³/mol. The molecule has 2 rings (SSSR count). The van der Waals surface area contributed by atoms with Gasteiger partial charge < -0.3 is 0 Å². The second kappa shape index (κ2) is 6.87. The average molecular weight is 317 g/mol. The van der Waals surface area contributed by atoms with Crippen molar-refractivity contribution in [2.45, 2.75) is 6.92 Å². The summed E-state index contributed by atoms with van der Waals surface area (Å²) in [4.78, 5) is 35.4. The molecule has 112 valence electrons. The number of rotatable bonds is 3. The van der Waals surface area contributed by atoms with Crippen molar-refractivity contribution in [2.75, 3.05) is 0 Å². The van der Waals surface area contributed by atoms with E-state index in [0.717, 1.165) is 5.56 Å². The molecule has 5 nitrogen and oxygen atoms in total. The molecular formula is C16H13ClN2O3. The molecule has 0 saturated heterocycles. The van der Waals surface area contributed by atoms with Crippen LogP contribution in [0.15, 0.2) is 48.5 Å². The van der Waals surface area contributed by atoms with Crippen LogP contribution in [0.2, 0.25) is 5.02 Å². The number of halogens is 1. The maximum Gasteiger partial charge on any atom is 0.310 e. The highest BCUT2D eigenvalue weighted by Gasteiger charge is 2.16. The SMILES string of the molecule is Cc1ccc(C(=O)C(=O)NNC(=O)c2ccc(Cl)cc2)cc1. The largest absolute Gasteiger partial charge is 0.310 e. The highest BCUT2D eigenvalue weighted by Crippen LogP contribution is 2.09. The molecule has 2 aromatic rings. The van der Waals surface area contributed by atoms with Crippen molar-refractivity contribution in [1.82, 2.24) is 10.9 Å². The molecule has 0 unspecified atom stereocenters. The minimum absolute atomic E-state index is 0.254. The first-order valence-corrected chi connectivity index (χ1v) is 6.82. The summed E-state index contributed by atoms with van der Waals surface area (Å²) in [6.45, 7) is 1.88. The summed E-state index contributed by atoms with van der Waals surface area (Å²) in [7, 11) is 0. The summed E-state index contributed by atoms with van der Waals surface area (Å²) in [5.41, 5.74) is 5.81. The van der Waals surface area contributed by atoms with E-state index in [2.05, 4.69) is 10.9 Å². The Labute approximate surface area is 132 Å². The number of Topliss-reactive ketones (excluding diaryl/α,β-unsaturated/α-hetero) is 1. The van der Waals surface area contributed by atoms with E-state index < -0.39 is 17.6 Å². The lowest BCUT2D eigenvalue weighted by atomic mass is 10.1. The van der Waals surface area contributed by atoms with Crippen LogP contribution in [0.5, 0.6) is 0 Å². The standard InChI is InChI=1S/C16H13ClN2O3/c1-10-2-4-11(5-3-10)14(20)16(22)19-18-15(21)12-6-8-13(17)9-7-12/h2-9H,1H3,(H,18,21)(H,19,22). The number of carbonyl (C=O) groups excluding carboxylic acids is 3. The molecular weight excluding hydrogens is 304 g/mol. The molecule has 0 aliphatic rings. The molecule has 0 atom stereocenters. The Hall–Kier alpha value is -2.66. The van der Waals surface area contributed by atoms with Gasteiger partial charge in [-0.15, -0.1) is 0 Å². The fraction of sp³-hybridized carbons (Fsp3) is 0.0625. The maximum absolute atomic E-state index is 11.9. The molecule has 22 heavy (non-hydrogen) atoms. The van der Waals surface area contributed by atoms with Crippen LogP contribution in [-0.4, -0.2) is 17.6 Å². The number of hydrogen-bond acceptors (Lipinski definition) is 3. The fourth-order valence-corrected chi connectivity index (χ4v) is 1.81. The van der Waals surface area contributed by atoms with E-state index in [1.807, 2.05) is 6.92 Å². The Bertz CT molecular complexity index is 709. The number of aryl methyl sites for hydroxylation is 1. The van der Waals surface area contributed by atoms with Crippen molar-refractivity contribution in [1.29, 1.82) is 0 Å². The van der Waals surface area contributed by atoms with Crippen LogP contribution in [0.4, 0.5) is 0 Å². The van der Waals surface area contributed by atoms with E-state index in [-0.39, 0.29) is 5.56 Å². The van der Waals surface area contributed by atoms with E-state index in [1.54, 1.807) is 36.4 Å². The van der Waals surface area contributed by atoms with Crippen molar-refractivity contribution in [3.63, 3.8) is 0 Å². The van der Waals surface area contributed by atoms with E-state index in [0.29, 0.717) is 10.6 Å². The lowest BCUT2D eigenvalue weighted by molar-refractivity contribution is -0.117. The Balaban J connectivity index is 1.94. The second-order valence-corrected chi connectivity index (χ2v) is 5.05. The van der Waals surface area contributed by atoms with Crippen molar-refractivity contribution >= 4 is 29.2 Å². The Morgan fingerprint density at radius 2 is 1.36 bits per heavy atom. The van der Waals surface area contributed by atoms with E-state index in [9.17, 15) is 14.4 Å². The zero-order chi connectivity index (χ0) is 16.1. The van der Waals surface area contributed by atoms with Gasteiger partial charge in [0.25, 0.3) is 11.7 Å². The Morgan fingerprint density at radius 3 is 1.95 bits per heavy atom. The summed E-state index contributed by atoms with van der Waals surface area (Å²) >= 11 is 5.72. The molecule has 2 amide bonds. The first kappa shape index (κ1) is 15.7. The molecule has 6 heteroatoms. The van der Waals surface area contributed by atoms with Crippen LogP contribution in [0, 0.1) is 6.92 Å². The Kier molecular flexibility index (Phi) is 4.91. The summed E-state index contributed by atoms with van der Waals surface area (Å²) in [5.74, 6) is -2.18. The van der Waals surface area contributed by atoms with E-state index in [1.165, 1.54) is 12.1 Å². The average Bonchev–Trinajstić information content (AvgIpc) is 2.53. The summed E-state index contributed by atoms with van der Waals surface area (Å²) in [6.07, 6.45) is 0. The first-order chi connectivity index (χ1) is 10.5. The van der Waals surface area contributed by atoms with Crippen LogP contribution < -0.4 is 10.9 Å². The molecule has 2 aromatic carbocycles. The summed E-state index contributed by atoms with van der Waals surface area (Å²) in [6, 6.07) is 12.7. The summed E-state index contributed by atoms with van der Waals surface area (Å²) < 4.78 is 0. The van der Waals surface area contributed by atoms with Gasteiger partial charge in [0.05, 0.1) is 0 Å². The third-order valence-corrected chi connectivity index (χ3v) is 3.17. The van der Waals surface area contributed by atoms with Crippen molar-refractivity contribution < 1.29 is 14.4 Å². The monoisotopic (exact) mass is 316 g/mol. The second-order valence-electron chi connectivity index (χ2n) is 4.61. The molecule has 0 saturated carbocycles. The smallest absolute Gasteiger partial charge is 0.283 e. The number of nitrogens with one attached hydrogen (secondary N) is 2. The van der Waals surface area contributed by atoms with Crippen molar-refractivity contribution in [2.24, 2.45) is 0 Å². The molecule has 0 heterocycles. The molecule has 2 N–H and O–H groups in total.